The van der Waals surface area contributed by atoms with E-state index in [4.69, 9.17) is 0 Å². The van der Waals surface area contributed by atoms with Crippen molar-refractivity contribution in [2.24, 2.45) is 0 Å². The molecule has 2 heterocycles. The molecule has 4 nitrogen and oxygen atoms in total. The normalized spacial score (nSPS) is 21.8. The van der Waals surface area contributed by atoms with Crippen LogP contribution in [0.15, 0.2) is 12.3 Å². The smallest absolute Gasteiger partial charge is 0.125 e. The van der Waals surface area contributed by atoms with Crippen LogP contribution in [0.5, 0.6) is 0 Å². The van der Waals surface area contributed by atoms with E-state index in [0.29, 0.717) is 6.04 Å². The number of aromatic nitrogens is 2. The summed E-state index contributed by atoms with van der Waals surface area (Å²) in [5.41, 5.74) is 1.14. The quantitative estimate of drug-likeness (QED) is 0.881. The molecule has 1 aromatic rings. The van der Waals surface area contributed by atoms with Crippen molar-refractivity contribution in [1.29, 1.82) is 0 Å². The molecule has 1 unspecified atom stereocenters. The minimum Gasteiger partial charge on any atom is -0.313 e. The summed E-state index contributed by atoms with van der Waals surface area (Å²) in [5, 5.41) is 3.64. The predicted octanol–water partition coefficient (Wildman–Crippen LogP) is 1.75. The van der Waals surface area contributed by atoms with Gasteiger partial charge in [-0.25, -0.2) is 9.97 Å². The molecule has 0 bridgehead atoms. The summed E-state index contributed by atoms with van der Waals surface area (Å²) in [6.45, 7) is 8.60. The van der Waals surface area contributed by atoms with E-state index in [9.17, 15) is 0 Å². The van der Waals surface area contributed by atoms with Gasteiger partial charge in [-0.2, -0.15) is 0 Å². The minimum absolute atomic E-state index is 0.639. The van der Waals surface area contributed by atoms with Crippen molar-refractivity contribution in [2.45, 2.75) is 45.7 Å². The molecule has 1 atom stereocenters. The molecule has 4 heteroatoms. The number of hydrogen-bond acceptors (Lipinski definition) is 4. The number of nitrogens with one attached hydrogen (secondary N) is 1. The topological polar surface area (TPSA) is 41.1 Å². The van der Waals surface area contributed by atoms with Crippen molar-refractivity contribution in [1.82, 2.24) is 20.2 Å². The molecule has 0 radical (unpaired) electrons. The van der Waals surface area contributed by atoms with Gasteiger partial charge in [0.1, 0.15) is 5.82 Å². The molecule has 1 aliphatic heterocycles. The second-order valence-electron chi connectivity index (χ2n) is 5.12. The van der Waals surface area contributed by atoms with E-state index < -0.39 is 0 Å². The Morgan fingerprint density at radius 2 is 2.39 bits per heavy atom. The maximum Gasteiger partial charge on any atom is 0.125 e. The standard InChI is InChI=1S/C14H24N4/c1-3-5-13-10-18(9-4-7-16-13)11-14-6-8-15-12(2)17-14/h6,8,13,16H,3-5,7,9-11H2,1-2H3. The summed E-state index contributed by atoms with van der Waals surface area (Å²) in [5.74, 6) is 0.866. The molecule has 1 saturated heterocycles. The third-order valence-electron chi connectivity index (χ3n) is 3.42. The van der Waals surface area contributed by atoms with Gasteiger partial charge in [0, 0.05) is 25.3 Å². The van der Waals surface area contributed by atoms with Crippen molar-refractivity contribution in [3.05, 3.63) is 23.8 Å². The lowest BCUT2D eigenvalue weighted by atomic mass is 10.1. The summed E-state index contributed by atoms with van der Waals surface area (Å²) in [7, 11) is 0. The van der Waals surface area contributed by atoms with Crippen molar-refractivity contribution in [3.8, 4) is 0 Å². The lowest BCUT2D eigenvalue weighted by molar-refractivity contribution is 0.252. The zero-order valence-electron chi connectivity index (χ0n) is 11.5. The first-order valence-electron chi connectivity index (χ1n) is 7.02. The van der Waals surface area contributed by atoms with E-state index in [0.717, 1.165) is 37.7 Å². The third kappa shape index (κ3) is 4.03. The Hall–Kier alpha value is -1.00. The first-order valence-corrected chi connectivity index (χ1v) is 7.02. The molecule has 1 N–H and O–H groups in total. The highest BCUT2D eigenvalue weighted by molar-refractivity contribution is 5.01. The number of aryl methyl sites for hydroxylation is 1. The number of nitrogens with zero attached hydrogens (tertiary/aromatic N) is 3. The van der Waals surface area contributed by atoms with E-state index in [1.165, 1.54) is 19.3 Å². The van der Waals surface area contributed by atoms with Crippen LogP contribution in [0.4, 0.5) is 0 Å². The average molecular weight is 248 g/mol. The molecule has 100 valence electrons. The molecule has 0 aromatic carbocycles. The van der Waals surface area contributed by atoms with Gasteiger partial charge in [-0.3, -0.25) is 4.90 Å². The third-order valence-corrected chi connectivity index (χ3v) is 3.42. The summed E-state index contributed by atoms with van der Waals surface area (Å²) in [4.78, 5) is 11.2. The monoisotopic (exact) mass is 248 g/mol. The van der Waals surface area contributed by atoms with Crippen LogP contribution in [-0.4, -0.2) is 40.5 Å². The number of hydrogen-bond donors (Lipinski definition) is 1. The Labute approximate surface area is 110 Å². The van der Waals surface area contributed by atoms with Gasteiger partial charge >= 0.3 is 0 Å². The molecule has 2 rings (SSSR count). The van der Waals surface area contributed by atoms with Gasteiger partial charge in [0.15, 0.2) is 0 Å². The molecule has 1 aliphatic rings. The average Bonchev–Trinajstić information content (AvgIpc) is 2.55. The lowest BCUT2D eigenvalue weighted by Crippen LogP contribution is -2.37. The highest BCUT2D eigenvalue weighted by Gasteiger charge is 2.17. The van der Waals surface area contributed by atoms with Crippen LogP contribution in [0.2, 0.25) is 0 Å². The van der Waals surface area contributed by atoms with Gasteiger partial charge in [-0.05, 0) is 38.9 Å². The fourth-order valence-corrected chi connectivity index (χ4v) is 2.58. The van der Waals surface area contributed by atoms with Crippen molar-refractivity contribution < 1.29 is 0 Å². The van der Waals surface area contributed by atoms with E-state index in [-0.39, 0.29) is 0 Å². The molecule has 0 aliphatic carbocycles. The second-order valence-corrected chi connectivity index (χ2v) is 5.12. The highest BCUT2D eigenvalue weighted by Crippen LogP contribution is 2.09. The molecule has 0 saturated carbocycles. The van der Waals surface area contributed by atoms with E-state index in [1.807, 2.05) is 19.2 Å². The fraction of sp³-hybridized carbons (Fsp3) is 0.714. The molecule has 0 amide bonds. The van der Waals surface area contributed by atoms with E-state index in [1.54, 1.807) is 0 Å². The van der Waals surface area contributed by atoms with Crippen LogP contribution in [0.25, 0.3) is 0 Å². The Kier molecular flexibility index (Phi) is 5.08. The van der Waals surface area contributed by atoms with Crippen LogP contribution in [0, 0.1) is 6.92 Å². The molecule has 0 spiro atoms. The Morgan fingerprint density at radius 1 is 1.50 bits per heavy atom. The van der Waals surface area contributed by atoms with Crippen LogP contribution in [0.1, 0.15) is 37.7 Å². The van der Waals surface area contributed by atoms with Crippen LogP contribution >= 0.6 is 0 Å². The molecular weight excluding hydrogens is 224 g/mol. The summed E-state index contributed by atoms with van der Waals surface area (Å²) in [6.07, 6.45) is 5.60. The van der Waals surface area contributed by atoms with Crippen LogP contribution in [-0.2, 0) is 6.54 Å². The fourth-order valence-electron chi connectivity index (χ4n) is 2.58. The summed E-state index contributed by atoms with van der Waals surface area (Å²) >= 11 is 0. The van der Waals surface area contributed by atoms with Gasteiger partial charge in [-0.1, -0.05) is 13.3 Å². The van der Waals surface area contributed by atoms with Crippen molar-refractivity contribution >= 4 is 0 Å². The van der Waals surface area contributed by atoms with E-state index >= 15 is 0 Å². The molecule has 1 fully saturated rings. The molecule has 1 aromatic heterocycles. The SMILES string of the molecule is CCCC1CN(Cc2ccnc(C)n2)CCCN1. The van der Waals surface area contributed by atoms with Crippen molar-refractivity contribution in [3.63, 3.8) is 0 Å². The molecular formula is C14H24N4. The first-order chi connectivity index (χ1) is 8.78. The molecule has 18 heavy (non-hydrogen) atoms. The van der Waals surface area contributed by atoms with Gasteiger partial charge in [0.25, 0.3) is 0 Å². The lowest BCUT2D eigenvalue weighted by Gasteiger charge is -2.23. The first kappa shape index (κ1) is 13.4. The van der Waals surface area contributed by atoms with Gasteiger partial charge in [0.05, 0.1) is 5.69 Å². The second kappa shape index (κ2) is 6.81. The Balaban J connectivity index is 1.94. The largest absolute Gasteiger partial charge is 0.313 e. The van der Waals surface area contributed by atoms with Gasteiger partial charge in [-0.15, -0.1) is 0 Å². The van der Waals surface area contributed by atoms with E-state index in [2.05, 4.69) is 27.1 Å². The van der Waals surface area contributed by atoms with Crippen LogP contribution in [0.3, 0.4) is 0 Å². The zero-order chi connectivity index (χ0) is 12.8. The van der Waals surface area contributed by atoms with Gasteiger partial charge in [0.2, 0.25) is 0 Å². The zero-order valence-corrected chi connectivity index (χ0v) is 11.5. The number of rotatable bonds is 4. The summed E-state index contributed by atoms with van der Waals surface area (Å²) in [6, 6.07) is 2.67. The highest BCUT2D eigenvalue weighted by atomic mass is 15.2. The van der Waals surface area contributed by atoms with Crippen molar-refractivity contribution in [2.75, 3.05) is 19.6 Å². The Bertz CT molecular complexity index is 367. The summed E-state index contributed by atoms with van der Waals surface area (Å²) < 4.78 is 0. The minimum atomic E-state index is 0.639. The Morgan fingerprint density at radius 3 is 3.17 bits per heavy atom. The predicted molar refractivity (Wildman–Crippen MR) is 73.4 cm³/mol. The van der Waals surface area contributed by atoms with Crippen LogP contribution < -0.4 is 5.32 Å². The van der Waals surface area contributed by atoms with Gasteiger partial charge < -0.3 is 5.32 Å². The maximum absolute atomic E-state index is 4.50. The maximum atomic E-state index is 4.50.